The monoisotopic (exact) mass is 162 g/mol. The highest BCUT2D eigenvalue weighted by atomic mass is 32.2. The van der Waals surface area contributed by atoms with Crippen LogP contribution in [-0.4, -0.2) is 43.6 Å². The average molecular weight is 162 g/mol. The normalized spacial score (nSPS) is 10.8. The van der Waals surface area contributed by atoms with E-state index in [1.807, 2.05) is 11.8 Å². The van der Waals surface area contributed by atoms with Crippen LogP contribution in [-0.2, 0) is 0 Å². The van der Waals surface area contributed by atoms with Crippen LogP contribution < -0.4 is 5.73 Å². The van der Waals surface area contributed by atoms with Gasteiger partial charge in [0.05, 0.1) is 0 Å². The van der Waals surface area contributed by atoms with Crippen molar-refractivity contribution in [1.82, 2.24) is 4.90 Å². The predicted octanol–water partition coefficient (Wildman–Crippen LogP) is 0.630. The van der Waals surface area contributed by atoms with Gasteiger partial charge in [-0.15, -0.1) is 0 Å². The summed E-state index contributed by atoms with van der Waals surface area (Å²) < 4.78 is 0. The second-order valence-corrected chi connectivity index (χ2v) is 3.42. The molecule has 0 aromatic heterocycles. The van der Waals surface area contributed by atoms with Crippen LogP contribution in [0.5, 0.6) is 0 Å². The Morgan fingerprint density at radius 2 is 2.10 bits per heavy atom. The van der Waals surface area contributed by atoms with Crippen molar-refractivity contribution in [2.75, 3.05) is 38.7 Å². The van der Waals surface area contributed by atoms with Crippen LogP contribution >= 0.6 is 11.8 Å². The minimum atomic E-state index is 0.809. The van der Waals surface area contributed by atoms with E-state index in [2.05, 4.69) is 18.2 Å². The molecule has 0 aromatic rings. The van der Waals surface area contributed by atoms with Gasteiger partial charge in [-0.25, -0.2) is 0 Å². The average Bonchev–Trinajstić information content (AvgIpc) is 1.97. The van der Waals surface area contributed by atoms with Crippen molar-refractivity contribution < 1.29 is 0 Å². The minimum absolute atomic E-state index is 0.809. The molecule has 0 unspecified atom stereocenters. The van der Waals surface area contributed by atoms with Crippen LogP contribution in [0.2, 0.25) is 0 Å². The van der Waals surface area contributed by atoms with Crippen molar-refractivity contribution in [1.29, 1.82) is 0 Å². The Hall–Kier alpha value is 0.270. The van der Waals surface area contributed by atoms with Crippen molar-refractivity contribution in [2.45, 2.75) is 6.42 Å². The van der Waals surface area contributed by atoms with Gasteiger partial charge in [0.25, 0.3) is 0 Å². The molecule has 0 saturated carbocycles. The van der Waals surface area contributed by atoms with E-state index in [1.165, 1.54) is 12.3 Å². The number of hydrogen-bond acceptors (Lipinski definition) is 3. The number of thioether (sulfide) groups is 1. The fraction of sp³-hybridized carbons (Fsp3) is 1.00. The molecule has 0 spiro atoms. The van der Waals surface area contributed by atoms with E-state index in [1.54, 1.807) is 0 Å². The largest absolute Gasteiger partial charge is 0.330 e. The molecule has 0 aliphatic heterocycles. The van der Waals surface area contributed by atoms with E-state index < -0.39 is 0 Å². The molecule has 0 amide bonds. The molecule has 0 aromatic carbocycles. The Balaban J connectivity index is 3.00. The molecule has 2 nitrogen and oxygen atoms in total. The van der Waals surface area contributed by atoms with Gasteiger partial charge in [0.15, 0.2) is 0 Å². The highest BCUT2D eigenvalue weighted by Gasteiger charge is 1.94. The summed E-state index contributed by atoms with van der Waals surface area (Å²) in [5, 5.41) is 0. The van der Waals surface area contributed by atoms with Gasteiger partial charge >= 0.3 is 0 Å². The summed E-state index contributed by atoms with van der Waals surface area (Å²) in [7, 11) is 2.14. The lowest BCUT2D eigenvalue weighted by molar-refractivity contribution is 0.352. The van der Waals surface area contributed by atoms with Crippen LogP contribution in [0.1, 0.15) is 6.42 Å². The van der Waals surface area contributed by atoms with Gasteiger partial charge in [0.1, 0.15) is 0 Å². The van der Waals surface area contributed by atoms with Gasteiger partial charge in [-0.2, -0.15) is 11.8 Å². The smallest absolute Gasteiger partial charge is 0.00692 e. The van der Waals surface area contributed by atoms with Crippen molar-refractivity contribution in [2.24, 2.45) is 5.73 Å². The Bertz CT molecular complexity index is 60.6. The number of hydrogen-bond donors (Lipinski definition) is 1. The maximum Gasteiger partial charge on any atom is 0.00692 e. The summed E-state index contributed by atoms with van der Waals surface area (Å²) in [5.41, 5.74) is 5.37. The van der Waals surface area contributed by atoms with E-state index in [-0.39, 0.29) is 0 Å². The summed E-state index contributed by atoms with van der Waals surface area (Å²) in [6.07, 6.45) is 3.25. The van der Waals surface area contributed by atoms with E-state index in [9.17, 15) is 0 Å². The molecule has 0 atom stereocenters. The van der Waals surface area contributed by atoms with E-state index in [0.717, 1.165) is 19.5 Å². The van der Waals surface area contributed by atoms with E-state index >= 15 is 0 Å². The molecule has 0 aliphatic carbocycles. The first-order chi connectivity index (χ1) is 4.81. The van der Waals surface area contributed by atoms with Gasteiger partial charge in [-0.05, 0) is 32.8 Å². The molecular formula is C7H18N2S. The Kier molecular flexibility index (Phi) is 7.58. The molecule has 0 rings (SSSR count). The molecule has 0 aliphatic rings. The second-order valence-electron chi connectivity index (χ2n) is 2.44. The quantitative estimate of drug-likeness (QED) is 0.621. The zero-order valence-electron chi connectivity index (χ0n) is 6.97. The van der Waals surface area contributed by atoms with Crippen LogP contribution in [0, 0.1) is 0 Å². The molecule has 3 heteroatoms. The van der Waals surface area contributed by atoms with Crippen molar-refractivity contribution in [3.05, 3.63) is 0 Å². The van der Waals surface area contributed by atoms with Gasteiger partial charge in [0, 0.05) is 12.3 Å². The van der Waals surface area contributed by atoms with Crippen LogP contribution in [0.15, 0.2) is 0 Å². The van der Waals surface area contributed by atoms with Crippen LogP contribution in [0.4, 0.5) is 0 Å². The summed E-state index contributed by atoms with van der Waals surface area (Å²) in [5.74, 6) is 1.22. The number of nitrogens with zero attached hydrogens (tertiary/aromatic N) is 1. The topological polar surface area (TPSA) is 29.3 Å². The number of nitrogens with two attached hydrogens (primary N) is 1. The maximum absolute atomic E-state index is 5.37. The van der Waals surface area contributed by atoms with Crippen LogP contribution in [0.3, 0.4) is 0 Å². The lowest BCUT2D eigenvalue weighted by Crippen LogP contribution is -2.24. The van der Waals surface area contributed by atoms with Gasteiger partial charge in [-0.3, -0.25) is 0 Å². The third-order valence-corrected chi connectivity index (χ3v) is 2.01. The standard InChI is InChI=1S/C7H18N2S/c1-9(5-3-4-8)6-7-10-2/h3-8H2,1-2H3. The Labute approximate surface area is 68.2 Å². The highest BCUT2D eigenvalue weighted by molar-refractivity contribution is 7.98. The summed E-state index contributed by atoms with van der Waals surface area (Å²) in [6.45, 7) is 3.13. The molecule has 10 heavy (non-hydrogen) atoms. The molecule has 0 saturated heterocycles. The van der Waals surface area contributed by atoms with Crippen molar-refractivity contribution in [3.63, 3.8) is 0 Å². The summed E-state index contributed by atoms with van der Waals surface area (Å²) in [6, 6.07) is 0. The predicted molar refractivity (Wildman–Crippen MR) is 49.6 cm³/mol. The van der Waals surface area contributed by atoms with Crippen molar-refractivity contribution in [3.8, 4) is 0 Å². The molecule has 0 heterocycles. The second kappa shape index (κ2) is 7.38. The first-order valence-corrected chi connectivity index (χ1v) is 5.08. The molecule has 0 bridgehead atoms. The van der Waals surface area contributed by atoms with E-state index in [0.29, 0.717) is 0 Å². The zero-order chi connectivity index (χ0) is 7.82. The molecule has 0 fully saturated rings. The third kappa shape index (κ3) is 6.39. The number of rotatable bonds is 6. The zero-order valence-corrected chi connectivity index (χ0v) is 7.78. The Morgan fingerprint density at radius 1 is 1.40 bits per heavy atom. The van der Waals surface area contributed by atoms with Gasteiger partial charge in [0.2, 0.25) is 0 Å². The first kappa shape index (κ1) is 10.3. The Morgan fingerprint density at radius 3 is 2.60 bits per heavy atom. The molecule has 2 N–H and O–H groups in total. The summed E-state index contributed by atoms with van der Waals surface area (Å²) >= 11 is 1.89. The lowest BCUT2D eigenvalue weighted by Gasteiger charge is -2.14. The SMILES string of the molecule is CSCCN(C)CCCN. The van der Waals surface area contributed by atoms with Crippen molar-refractivity contribution >= 4 is 11.8 Å². The molecule has 62 valence electrons. The van der Waals surface area contributed by atoms with E-state index in [4.69, 9.17) is 5.73 Å². The molecular weight excluding hydrogens is 144 g/mol. The third-order valence-electron chi connectivity index (χ3n) is 1.42. The summed E-state index contributed by atoms with van der Waals surface area (Å²) in [4.78, 5) is 2.32. The van der Waals surface area contributed by atoms with Gasteiger partial charge in [-0.1, -0.05) is 0 Å². The fourth-order valence-corrected chi connectivity index (χ4v) is 1.21. The minimum Gasteiger partial charge on any atom is -0.330 e. The van der Waals surface area contributed by atoms with Gasteiger partial charge < -0.3 is 10.6 Å². The highest BCUT2D eigenvalue weighted by Crippen LogP contribution is 1.93. The fourth-order valence-electron chi connectivity index (χ4n) is 0.720. The molecule has 0 radical (unpaired) electrons. The first-order valence-electron chi connectivity index (χ1n) is 3.68. The lowest BCUT2D eigenvalue weighted by atomic mass is 10.4. The maximum atomic E-state index is 5.37. The van der Waals surface area contributed by atoms with Crippen LogP contribution in [0.25, 0.3) is 0 Å².